The zero-order valence-corrected chi connectivity index (χ0v) is 16.1. The summed E-state index contributed by atoms with van der Waals surface area (Å²) >= 11 is 0. The van der Waals surface area contributed by atoms with E-state index >= 15 is 0 Å². The van der Waals surface area contributed by atoms with Crippen LogP contribution in [-0.2, 0) is 0 Å². The van der Waals surface area contributed by atoms with Crippen molar-refractivity contribution < 1.29 is 9.47 Å². The fraction of sp³-hybridized carbons (Fsp3) is 0.727. The number of benzene rings is 1. The molecular formula is C22H34N2O2. The second kappa shape index (κ2) is 9.09. The molecule has 0 bridgehead atoms. The molecule has 0 amide bonds. The summed E-state index contributed by atoms with van der Waals surface area (Å²) in [6, 6.07) is 8.84. The molecule has 3 aliphatic rings. The minimum absolute atomic E-state index is 0.154. The topological polar surface area (TPSA) is 24.9 Å². The molecule has 0 aromatic heterocycles. The van der Waals surface area contributed by atoms with E-state index in [0.717, 1.165) is 37.2 Å². The lowest BCUT2D eigenvalue weighted by molar-refractivity contribution is 0.0297. The first-order valence-electron chi connectivity index (χ1n) is 10.7. The van der Waals surface area contributed by atoms with Crippen LogP contribution in [0.15, 0.2) is 24.3 Å². The van der Waals surface area contributed by atoms with Crippen LogP contribution in [0, 0.1) is 0 Å². The minimum atomic E-state index is 0.154. The van der Waals surface area contributed by atoms with E-state index in [-0.39, 0.29) is 6.10 Å². The molecule has 1 atom stereocenters. The number of fused-ring (bicyclic) bond motifs is 1. The van der Waals surface area contributed by atoms with E-state index in [1.165, 1.54) is 64.5 Å². The van der Waals surface area contributed by atoms with Crippen molar-refractivity contribution in [3.05, 3.63) is 24.3 Å². The molecule has 4 nitrogen and oxygen atoms in total. The molecule has 1 aliphatic carbocycles. The van der Waals surface area contributed by atoms with Gasteiger partial charge in [0.25, 0.3) is 0 Å². The average molecular weight is 359 g/mol. The molecule has 0 radical (unpaired) electrons. The van der Waals surface area contributed by atoms with Gasteiger partial charge in [0.05, 0.1) is 0 Å². The van der Waals surface area contributed by atoms with Crippen LogP contribution in [0.3, 0.4) is 0 Å². The van der Waals surface area contributed by atoms with Crippen LogP contribution in [-0.4, -0.2) is 61.3 Å². The van der Waals surface area contributed by atoms with Gasteiger partial charge in [0.15, 0.2) is 11.5 Å². The summed E-state index contributed by atoms with van der Waals surface area (Å²) in [4.78, 5) is 5.34. The number of hydrogen-bond acceptors (Lipinski definition) is 4. The highest BCUT2D eigenvalue weighted by atomic mass is 16.6. The molecule has 0 spiro atoms. The van der Waals surface area contributed by atoms with Gasteiger partial charge in [-0.05, 0) is 25.0 Å². The van der Waals surface area contributed by atoms with Gasteiger partial charge in [-0.15, -0.1) is 0 Å². The molecule has 2 fully saturated rings. The Balaban J connectivity index is 1.23. The second-order valence-electron chi connectivity index (χ2n) is 8.19. The van der Waals surface area contributed by atoms with Gasteiger partial charge in [0.2, 0.25) is 0 Å². The summed E-state index contributed by atoms with van der Waals surface area (Å²) in [6.45, 7) is 6.41. The first kappa shape index (κ1) is 18.1. The summed E-state index contributed by atoms with van der Waals surface area (Å²) in [5.41, 5.74) is 0. The predicted molar refractivity (Wildman–Crippen MR) is 105 cm³/mol. The maximum absolute atomic E-state index is 6.14. The summed E-state index contributed by atoms with van der Waals surface area (Å²) in [5, 5.41) is 0. The lowest BCUT2D eigenvalue weighted by Gasteiger charge is -2.40. The number of ether oxygens (including phenoxy) is 2. The molecule has 26 heavy (non-hydrogen) atoms. The molecule has 1 saturated heterocycles. The largest absolute Gasteiger partial charge is 0.486 e. The standard InChI is InChI=1S/C22H34N2O2/c1-2-4-6-10-19(9-5-3-1)24-15-13-23(14-16-24)17-20-18-25-21-11-7-8-12-22(21)26-20/h7-8,11-12,19-20H,1-6,9-10,13-18H2. The van der Waals surface area contributed by atoms with E-state index < -0.39 is 0 Å². The number of para-hydroxylation sites is 2. The number of rotatable bonds is 3. The van der Waals surface area contributed by atoms with Gasteiger partial charge in [-0.1, -0.05) is 50.7 Å². The quantitative estimate of drug-likeness (QED) is 0.817. The summed E-state index contributed by atoms with van der Waals surface area (Å²) in [7, 11) is 0. The fourth-order valence-electron chi connectivity index (χ4n) is 4.73. The lowest BCUT2D eigenvalue weighted by atomic mass is 10.0. The van der Waals surface area contributed by atoms with E-state index in [1.54, 1.807) is 0 Å². The van der Waals surface area contributed by atoms with Crippen LogP contribution in [0.25, 0.3) is 0 Å². The van der Waals surface area contributed by atoms with Gasteiger partial charge in [-0.2, -0.15) is 0 Å². The monoisotopic (exact) mass is 358 g/mol. The molecule has 1 aromatic rings. The molecular weight excluding hydrogens is 324 g/mol. The van der Waals surface area contributed by atoms with Crippen LogP contribution in [0.2, 0.25) is 0 Å². The Morgan fingerprint density at radius 1 is 0.808 bits per heavy atom. The van der Waals surface area contributed by atoms with E-state index in [9.17, 15) is 0 Å². The molecule has 0 N–H and O–H groups in total. The molecule has 2 heterocycles. The third-order valence-corrected chi connectivity index (χ3v) is 6.28. The first-order chi connectivity index (χ1) is 12.9. The molecule has 1 saturated carbocycles. The van der Waals surface area contributed by atoms with Gasteiger partial charge >= 0.3 is 0 Å². The summed E-state index contributed by atoms with van der Waals surface area (Å²) < 4.78 is 12.0. The van der Waals surface area contributed by atoms with E-state index in [0.29, 0.717) is 6.61 Å². The predicted octanol–water partition coefficient (Wildman–Crippen LogP) is 3.95. The first-order valence-corrected chi connectivity index (χ1v) is 10.7. The zero-order chi connectivity index (χ0) is 17.6. The van der Waals surface area contributed by atoms with Crippen molar-refractivity contribution in [3.8, 4) is 11.5 Å². The maximum Gasteiger partial charge on any atom is 0.161 e. The van der Waals surface area contributed by atoms with Crippen LogP contribution < -0.4 is 9.47 Å². The van der Waals surface area contributed by atoms with Gasteiger partial charge in [0.1, 0.15) is 12.7 Å². The Bertz CT molecular complexity index is 547. The molecule has 144 valence electrons. The van der Waals surface area contributed by atoms with Gasteiger partial charge in [0, 0.05) is 38.8 Å². The van der Waals surface area contributed by atoms with Crippen molar-refractivity contribution in [1.29, 1.82) is 0 Å². The smallest absolute Gasteiger partial charge is 0.161 e. The van der Waals surface area contributed by atoms with Crippen LogP contribution in [0.5, 0.6) is 11.5 Å². The van der Waals surface area contributed by atoms with Crippen molar-refractivity contribution in [1.82, 2.24) is 9.80 Å². The van der Waals surface area contributed by atoms with Crippen molar-refractivity contribution in [2.75, 3.05) is 39.3 Å². The van der Waals surface area contributed by atoms with Crippen molar-refractivity contribution in [2.24, 2.45) is 0 Å². The minimum Gasteiger partial charge on any atom is -0.486 e. The Morgan fingerprint density at radius 2 is 1.46 bits per heavy atom. The third-order valence-electron chi connectivity index (χ3n) is 6.28. The number of nitrogens with zero attached hydrogens (tertiary/aromatic N) is 2. The van der Waals surface area contributed by atoms with E-state index in [1.807, 2.05) is 24.3 Å². The summed E-state index contributed by atoms with van der Waals surface area (Å²) in [5.74, 6) is 1.78. The van der Waals surface area contributed by atoms with Crippen LogP contribution >= 0.6 is 0 Å². The SMILES string of the molecule is c1ccc2c(c1)OCC(CN1CCN(C3CCCCCCCC3)CC1)O2. The molecule has 1 aromatic carbocycles. The number of hydrogen-bond donors (Lipinski definition) is 0. The molecule has 1 unspecified atom stereocenters. The van der Waals surface area contributed by atoms with Crippen LogP contribution in [0.4, 0.5) is 0 Å². The maximum atomic E-state index is 6.14. The highest BCUT2D eigenvalue weighted by Gasteiger charge is 2.27. The molecule has 4 heteroatoms. The summed E-state index contributed by atoms with van der Waals surface area (Å²) in [6.07, 6.45) is 11.6. The zero-order valence-electron chi connectivity index (χ0n) is 16.1. The molecule has 2 aliphatic heterocycles. The van der Waals surface area contributed by atoms with Gasteiger partial charge in [-0.3, -0.25) is 9.80 Å². The fourth-order valence-corrected chi connectivity index (χ4v) is 4.73. The van der Waals surface area contributed by atoms with Crippen LogP contribution in [0.1, 0.15) is 51.4 Å². The second-order valence-corrected chi connectivity index (χ2v) is 8.19. The Morgan fingerprint density at radius 3 is 2.19 bits per heavy atom. The lowest BCUT2D eigenvalue weighted by Crippen LogP contribution is -2.53. The highest BCUT2D eigenvalue weighted by molar-refractivity contribution is 5.40. The average Bonchev–Trinajstić information content (AvgIpc) is 2.83. The van der Waals surface area contributed by atoms with E-state index in [4.69, 9.17) is 9.47 Å². The number of piperazine rings is 1. The Kier molecular flexibility index (Phi) is 6.34. The highest BCUT2D eigenvalue weighted by Crippen LogP contribution is 2.31. The Hall–Kier alpha value is -1.26. The molecule has 4 rings (SSSR count). The van der Waals surface area contributed by atoms with Crippen molar-refractivity contribution >= 4 is 0 Å². The van der Waals surface area contributed by atoms with Gasteiger partial charge in [-0.25, -0.2) is 0 Å². The Labute approximate surface area is 158 Å². The normalized spacial score (nSPS) is 26.7. The van der Waals surface area contributed by atoms with Gasteiger partial charge < -0.3 is 9.47 Å². The van der Waals surface area contributed by atoms with Crippen molar-refractivity contribution in [3.63, 3.8) is 0 Å². The van der Waals surface area contributed by atoms with Crippen molar-refractivity contribution in [2.45, 2.75) is 63.5 Å². The third kappa shape index (κ3) is 4.72. The van der Waals surface area contributed by atoms with E-state index in [2.05, 4.69) is 9.80 Å².